The summed E-state index contributed by atoms with van der Waals surface area (Å²) in [6, 6.07) is 4.93. The molecule has 1 aliphatic carbocycles. The van der Waals surface area contributed by atoms with E-state index in [0.717, 1.165) is 29.7 Å². The Morgan fingerprint density at radius 3 is 3.05 bits per heavy atom. The lowest BCUT2D eigenvalue weighted by atomic mass is 10.2. The van der Waals surface area contributed by atoms with E-state index >= 15 is 0 Å². The van der Waals surface area contributed by atoms with Crippen LogP contribution in [0.1, 0.15) is 44.2 Å². The van der Waals surface area contributed by atoms with Gasteiger partial charge in [0.2, 0.25) is 0 Å². The fraction of sp³-hybridized carbons (Fsp3) is 0.533. The number of thiazole rings is 1. The maximum absolute atomic E-state index is 5.48. The van der Waals surface area contributed by atoms with E-state index in [1.807, 2.05) is 12.1 Å². The number of aromatic nitrogens is 1. The smallest absolute Gasteiger partial charge is 0.186 e. The molecule has 0 spiro atoms. The van der Waals surface area contributed by atoms with E-state index in [0.29, 0.717) is 12.1 Å². The Morgan fingerprint density at radius 1 is 1.55 bits per heavy atom. The highest BCUT2D eigenvalue weighted by atomic mass is 32.1. The van der Waals surface area contributed by atoms with Gasteiger partial charge in [-0.1, -0.05) is 6.92 Å². The number of anilines is 1. The lowest BCUT2D eigenvalue weighted by molar-refractivity contribution is 0.500. The van der Waals surface area contributed by atoms with Crippen molar-refractivity contribution in [2.45, 2.75) is 45.3 Å². The lowest BCUT2D eigenvalue weighted by Crippen LogP contribution is -2.25. The van der Waals surface area contributed by atoms with Crippen LogP contribution >= 0.6 is 11.3 Å². The Kier molecular flexibility index (Phi) is 4.08. The summed E-state index contributed by atoms with van der Waals surface area (Å²) in [6.45, 7) is 6.07. The Morgan fingerprint density at radius 2 is 2.40 bits per heavy atom. The molecule has 1 aliphatic rings. The van der Waals surface area contributed by atoms with Gasteiger partial charge in [0, 0.05) is 17.5 Å². The normalized spacial score (nSPS) is 16.3. The van der Waals surface area contributed by atoms with Crippen LogP contribution in [-0.4, -0.2) is 17.6 Å². The zero-order chi connectivity index (χ0) is 13.9. The van der Waals surface area contributed by atoms with Gasteiger partial charge in [-0.3, -0.25) is 0 Å². The fourth-order valence-corrected chi connectivity index (χ4v) is 3.32. The zero-order valence-corrected chi connectivity index (χ0v) is 12.8. The third-order valence-corrected chi connectivity index (χ3v) is 4.50. The highest BCUT2D eigenvalue weighted by molar-refractivity contribution is 7.13. The molecule has 0 saturated heterocycles. The number of nitrogens with zero attached hydrogens (tertiary/aromatic N) is 2. The quantitative estimate of drug-likeness (QED) is 0.846. The van der Waals surface area contributed by atoms with Crippen molar-refractivity contribution in [3.8, 4) is 0 Å². The zero-order valence-electron chi connectivity index (χ0n) is 12.0. The largest absolute Gasteiger partial charge is 0.467 e. The average Bonchev–Trinajstić information content (AvgIpc) is 2.95. The molecule has 5 heteroatoms. The van der Waals surface area contributed by atoms with Crippen LogP contribution in [0.2, 0.25) is 0 Å². The van der Waals surface area contributed by atoms with Crippen molar-refractivity contribution in [2.24, 2.45) is 0 Å². The highest BCUT2D eigenvalue weighted by Gasteiger charge is 2.31. The van der Waals surface area contributed by atoms with Crippen molar-refractivity contribution in [1.29, 1.82) is 0 Å². The molecule has 1 unspecified atom stereocenters. The number of hydrogen-bond donors (Lipinski definition) is 1. The molecule has 1 N–H and O–H groups in total. The van der Waals surface area contributed by atoms with Crippen LogP contribution in [0.25, 0.3) is 0 Å². The standard InChI is InChI=1S/C15H21N3OS/c1-3-16-11(2)14-10-20-15(17-14)18(12-6-7-12)9-13-5-4-8-19-13/h4-5,8,10-12,16H,3,6-7,9H2,1-2H3. The van der Waals surface area contributed by atoms with E-state index in [9.17, 15) is 0 Å². The molecule has 0 radical (unpaired) electrons. The molecular formula is C15H21N3OS. The fourth-order valence-electron chi connectivity index (χ4n) is 2.33. The van der Waals surface area contributed by atoms with E-state index in [1.165, 1.54) is 12.8 Å². The van der Waals surface area contributed by atoms with Crippen molar-refractivity contribution in [3.05, 3.63) is 35.2 Å². The average molecular weight is 291 g/mol. The third-order valence-electron chi connectivity index (χ3n) is 3.60. The van der Waals surface area contributed by atoms with Crippen molar-refractivity contribution < 1.29 is 4.42 Å². The van der Waals surface area contributed by atoms with Crippen LogP contribution in [0.5, 0.6) is 0 Å². The van der Waals surface area contributed by atoms with E-state index < -0.39 is 0 Å². The minimum atomic E-state index is 0.315. The Balaban J connectivity index is 1.74. The summed E-state index contributed by atoms with van der Waals surface area (Å²) in [5, 5.41) is 6.69. The van der Waals surface area contributed by atoms with E-state index in [1.54, 1.807) is 17.6 Å². The molecule has 4 nitrogen and oxygen atoms in total. The number of hydrogen-bond acceptors (Lipinski definition) is 5. The molecular weight excluding hydrogens is 270 g/mol. The molecule has 0 aromatic carbocycles. The second-order valence-electron chi connectivity index (χ2n) is 5.27. The predicted molar refractivity (Wildman–Crippen MR) is 82.1 cm³/mol. The molecule has 20 heavy (non-hydrogen) atoms. The van der Waals surface area contributed by atoms with Crippen molar-refractivity contribution in [2.75, 3.05) is 11.4 Å². The van der Waals surface area contributed by atoms with Crippen molar-refractivity contribution >= 4 is 16.5 Å². The first kappa shape index (κ1) is 13.6. The van der Waals surface area contributed by atoms with Gasteiger partial charge in [-0.05, 0) is 38.4 Å². The van der Waals surface area contributed by atoms with Crippen LogP contribution < -0.4 is 10.2 Å². The molecule has 0 amide bonds. The summed E-state index contributed by atoms with van der Waals surface area (Å²) in [4.78, 5) is 7.19. The molecule has 2 aromatic heterocycles. The van der Waals surface area contributed by atoms with Crippen LogP contribution in [0.4, 0.5) is 5.13 Å². The minimum Gasteiger partial charge on any atom is -0.467 e. The summed E-state index contributed by atoms with van der Waals surface area (Å²) in [6.07, 6.45) is 4.26. The van der Waals surface area contributed by atoms with Crippen LogP contribution in [0.3, 0.4) is 0 Å². The predicted octanol–water partition coefficient (Wildman–Crippen LogP) is 3.58. The molecule has 2 heterocycles. The molecule has 108 valence electrons. The third kappa shape index (κ3) is 3.04. The highest BCUT2D eigenvalue weighted by Crippen LogP contribution is 2.35. The second kappa shape index (κ2) is 5.97. The molecule has 3 rings (SSSR count). The molecule has 1 atom stereocenters. The Bertz CT molecular complexity index is 533. The maximum Gasteiger partial charge on any atom is 0.186 e. The van der Waals surface area contributed by atoms with Gasteiger partial charge in [0.15, 0.2) is 5.13 Å². The van der Waals surface area contributed by atoms with Crippen LogP contribution in [0.15, 0.2) is 28.2 Å². The minimum absolute atomic E-state index is 0.315. The van der Waals surface area contributed by atoms with Gasteiger partial charge in [0.05, 0.1) is 18.5 Å². The van der Waals surface area contributed by atoms with E-state index in [-0.39, 0.29) is 0 Å². The van der Waals surface area contributed by atoms with Gasteiger partial charge in [-0.2, -0.15) is 0 Å². The summed E-state index contributed by atoms with van der Waals surface area (Å²) in [5.74, 6) is 1.01. The topological polar surface area (TPSA) is 41.3 Å². The lowest BCUT2D eigenvalue weighted by Gasteiger charge is -2.20. The monoisotopic (exact) mass is 291 g/mol. The SMILES string of the molecule is CCNC(C)c1csc(N(Cc2ccco2)C2CC2)n1. The first-order valence-corrected chi connectivity index (χ1v) is 8.13. The van der Waals surface area contributed by atoms with Gasteiger partial charge in [0.25, 0.3) is 0 Å². The number of nitrogens with one attached hydrogen (secondary N) is 1. The summed E-state index contributed by atoms with van der Waals surface area (Å²) in [5.41, 5.74) is 1.14. The molecule has 2 aromatic rings. The molecule has 1 saturated carbocycles. The maximum atomic E-state index is 5.48. The number of rotatable bonds is 7. The summed E-state index contributed by atoms with van der Waals surface area (Å²) >= 11 is 1.74. The molecule has 0 aliphatic heterocycles. The molecule has 1 fully saturated rings. The van der Waals surface area contributed by atoms with Gasteiger partial charge in [-0.15, -0.1) is 11.3 Å². The second-order valence-corrected chi connectivity index (χ2v) is 6.11. The van der Waals surface area contributed by atoms with Gasteiger partial charge in [-0.25, -0.2) is 4.98 Å². The number of furan rings is 1. The first-order valence-electron chi connectivity index (χ1n) is 7.25. The van der Waals surface area contributed by atoms with Gasteiger partial charge in [0.1, 0.15) is 5.76 Å². The van der Waals surface area contributed by atoms with Gasteiger partial charge >= 0.3 is 0 Å². The summed E-state index contributed by atoms with van der Waals surface area (Å²) in [7, 11) is 0. The van der Waals surface area contributed by atoms with Crippen molar-refractivity contribution in [3.63, 3.8) is 0 Å². The summed E-state index contributed by atoms with van der Waals surface area (Å²) < 4.78 is 5.48. The van der Waals surface area contributed by atoms with Crippen LogP contribution in [-0.2, 0) is 6.54 Å². The first-order chi connectivity index (χ1) is 9.78. The molecule has 0 bridgehead atoms. The van der Waals surface area contributed by atoms with E-state index in [2.05, 4.69) is 29.4 Å². The Hall–Kier alpha value is -1.33. The van der Waals surface area contributed by atoms with Crippen molar-refractivity contribution in [1.82, 2.24) is 10.3 Å². The van der Waals surface area contributed by atoms with Gasteiger partial charge < -0.3 is 14.6 Å². The Labute approximate surface area is 123 Å². The van der Waals surface area contributed by atoms with E-state index in [4.69, 9.17) is 9.40 Å². The van der Waals surface area contributed by atoms with Crippen LogP contribution in [0, 0.1) is 0 Å².